The summed E-state index contributed by atoms with van der Waals surface area (Å²) in [6.45, 7) is 6.13. The lowest BCUT2D eigenvalue weighted by atomic mass is 10.1. The molecule has 166 valence electrons. The van der Waals surface area contributed by atoms with Crippen molar-refractivity contribution < 1.29 is 9.53 Å². The van der Waals surface area contributed by atoms with Crippen LogP contribution in [0, 0.1) is 20.8 Å². The van der Waals surface area contributed by atoms with Gasteiger partial charge in [0.25, 0.3) is 5.91 Å². The molecule has 32 heavy (non-hydrogen) atoms. The zero-order chi connectivity index (χ0) is 23.2. The number of halogens is 1. The van der Waals surface area contributed by atoms with Gasteiger partial charge in [-0.3, -0.25) is 14.2 Å². The first-order valence-corrected chi connectivity index (χ1v) is 10.7. The van der Waals surface area contributed by atoms with E-state index in [9.17, 15) is 4.79 Å². The molecule has 8 nitrogen and oxygen atoms in total. The van der Waals surface area contributed by atoms with Crippen molar-refractivity contribution in [3.8, 4) is 5.75 Å². The minimum Gasteiger partial charge on any atom is -0.496 e. The van der Waals surface area contributed by atoms with Gasteiger partial charge in [-0.25, -0.2) is 4.90 Å². The number of hydrogen-bond acceptors (Lipinski definition) is 5. The molecule has 3 heterocycles. The quantitative estimate of drug-likeness (QED) is 0.454. The summed E-state index contributed by atoms with van der Waals surface area (Å²) in [5, 5.41) is 12.8. The lowest BCUT2D eigenvalue weighted by Gasteiger charge is -2.12. The van der Waals surface area contributed by atoms with Crippen molar-refractivity contribution in [2.24, 2.45) is 7.05 Å². The molecule has 10 heteroatoms. The maximum atomic E-state index is 13.1. The number of methoxy groups -OCH3 is 1. The summed E-state index contributed by atoms with van der Waals surface area (Å²) in [5.74, 6) is 0.499. The largest absolute Gasteiger partial charge is 0.496 e. The van der Waals surface area contributed by atoms with E-state index in [4.69, 9.17) is 28.6 Å². The van der Waals surface area contributed by atoms with Crippen molar-refractivity contribution in [3.63, 3.8) is 0 Å². The third-order valence-electron chi connectivity index (χ3n) is 5.34. The second kappa shape index (κ2) is 8.40. The monoisotopic (exact) mass is 470 g/mol. The Morgan fingerprint density at radius 3 is 2.56 bits per heavy atom. The fraction of sp³-hybridized carbons (Fsp3) is 0.273. The highest BCUT2D eigenvalue weighted by atomic mass is 35.5. The molecular formula is C22H23ClN6O2S. The summed E-state index contributed by atoms with van der Waals surface area (Å²) in [6, 6.07) is 5.72. The number of thiocarbonyl (C=S) groups is 1. The SMILES string of the molecule is COc1ccc(/C=C2/NC(=S)N(c3cn(C)nc3C)C2=O)cc1Cn1nc(C)c(Cl)c1C. The van der Waals surface area contributed by atoms with Crippen LogP contribution >= 0.6 is 23.8 Å². The highest BCUT2D eigenvalue weighted by Crippen LogP contribution is 2.28. The smallest absolute Gasteiger partial charge is 0.281 e. The zero-order valence-corrected chi connectivity index (χ0v) is 20.0. The molecule has 0 bridgehead atoms. The van der Waals surface area contributed by atoms with Gasteiger partial charge in [-0.1, -0.05) is 17.7 Å². The zero-order valence-electron chi connectivity index (χ0n) is 18.4. The van der Waals surface area contributed by atoms with E-state index in [1.165, 1.54) is 4.90 Å². The number of hydrogen-bond donors (Lipinski definition) is 1. The number of nitrogens with one attached hydrogen (secondary N) is 1. The first-order valence-electron chi connectivity index (χ1n) is 9.93. The molecule has 0 aliphatic carbocycles. The molecule has 1 amide bonds. The molecule has 3 aromatic rings. The predicted molar refractivity (Wildman–Crippen MR) is 128 cm³/mol. The van der Waals surface area contributed by atoms with Gasteiger partial charge in [0.05, 0.1) is 41.4 Å². The topological polar surface area (TPSA) is 77.2 Å². The van der Waals surface area contributed by atoms with Crippen LogP contribution in [-0.2, 0) is 18.4 Å². The molecule has 0 radical (unpaired) electrons. The van der Waals surface area contributed by atoms with Gasteiger partial charge in [0.2, 0.25) is 0 Å². The fourth-order valence-corrected chi connectivity index (χ4v) is 4.16. The standard InChI is InChI=1S/C22H23ClN6O2S/c1-12-18(11-27(4)25-12)29-21(30)17(24-22(29)32)9-15-6-7-19(31-5)16(8-15)10-28-14(3)20(23)13(2)26-28/h6-9,11H,10H2,1-5H3,(H,24,32)/b17-9+. The lowest BCUT2D eigenvalue weighted by Crippen LogP contribution is -2.30. The number of nitrogens with zero attached hydrogens (tertiary/aromatic N) is 5. The van der Waals surface area contributed by atoms with Crippen LogP contribution in [0.25, 0.3) is 6.08 Å². The van der Waals surface area contributed by atoms with Gasteiger partial charge in [0.15, 0.2) is 5.11 Å². The van der Waals surface area contributed by atoms with E-state index >= 15 is 0 Å². The maximum absolute atomic E-state index is 13.1. The number of aryl methyl sites for hydroxylation is 3. The number of carbonyl (C=O) groups excluding carboxylic acids is 1. The van der Waals surface area contributed by atoms with Crippen LogP contribution in [0.5, 0.6) is 5.75 Å². The molecule has 1 fully saturated rings. The first-order chi connectivity index (χ1) is 15.2. The Morgan fingerprint density at radius 2 is 1.97 bits per heavy atom. The number of amides is 1. The summed E-state index contributed by atoms with van der Waals surface area (Å²) < 4.78 is 9.03. The van der Waals surface area contributed by atoms with E-state index in [-0.39, 0.29) is 5.91 Å². The molecular weight excluding hydrogens is 448 g/mol. The van der Waals surface area contributed by atoms with Crippen molar-refractivity contribution >= 4 is 46.6 Å². The Bertz CT molecular complexity index is 1280. The Kier molecular flexibility index (Phi) is 5.79. The van der Waals surface area contributed by atoms with Gasteiger partial charge in [0.1, 0.15) is 11.4 Å². The van der Waals surface area contributed by atoms with Crippen LogP contribution in [0.4, 0.5) is 5.69 Å². The normalized spacial score (nSPS) is 15.1. The van der Waals surface area contributed by atoms with Gasteiger partial charge in [0, 0.05) is 18.8 Å². The molecule has 0 atom stereocenters. The highest BCUT2D eigenvalue weighted by molar-refractivity contribution is 7.80. The van der Waals surface area contributed by atoms with E-state index in [2.05, 4.69) is 15.5 Å². The molecule has 1 aliphatic rings. The van der Waals surface area contributed by atoms with Crippen LogP contribution in [0.2, 0.25) is 5.02 Å². The number of aromatic nitrogens is 4. The van der Waals surface area contributed by atoms with Crippen molar-refractivity contribution in [2.75, 3.05) is 12.0 Å². The van der Waals surface area contributed by atoms with Gasteiger partial charge >= 0.3 is 0 Å². The summed E-state index contributed by atoms with van der Waals surface area (Å²) in [5.41, 5.74) is 5.19. The highest BCUT2D eigenvalue weighted by Gasteiger charge is 2.33. The minimum absolute atomic E-state index is 0.228. The summed E-state index contributed by atoms with van der Waals surface area (Å²) in [4.78, 5) is 14.5. The van der Waals surface area contributed by atoms with Gasteiger partial charge < -0.3 is 10.1 Å². The van der Waals surface area contributed by atoms with Gasteiger partial charge in [-0.2, -0.15) is 10.2 Å². The molecule has 2 aromatic heterocycles. The number of ether oxygens (including phenoxy) is 1. The summed E-state index contributed by atoms with van der Waals surface area (Å²) >= 11 is 11.7. The van der Waals surface area contributed by atoms with E-state index in [0.29, 0.717) is 28.1 Å². The Labute approximate surface area is 196 Å². The van der Waals surface area contributed by atoms with Crippen LogP contribution in [0.1, 0.15) is 28.2 Å². The van der Waals surface area contributed by atoms with Crippen molar-refractivity contribution in [2.45, 2.75) is 27.3 Å². The Morgan fingerprint density at radius 1 is 1.22 bits per heavy atom. The van der Waals surface area contributed by atoms with E-state index < -0.39 is 0 Å². The average Bonchev–Trinajstić information content (AvgIpc) is 3.30. The summed E-state index contributed by atoms with van der Waals surface area (Å²) in [6.07, 6.45) is 3.55. The Hall–Kier alpha value is -3.17. The molecule has 1 aromatic carbocycles. The van der Waals surface area contributed by atoms with Crippen LogP contribution in [-0.4, -0.2) is 37.7 Å². The molecule has 0 spiro atoms. The lowest BCUT2D eigenvalue weighted by molar-refractivity contribution is -0.113. The molecule has 0 saturated carbocycles. The van der Waals surface area contributed by atoms with Crippen molar-refractivity contribution in [1.82, 2.24) is 24.9 Å². The van der Waals surface area contributed by atoms with Gasteiger partial charge in [-0.15, -0.1) is 0 Å². The second-order valence-corrected chi connectivity index (χ2v) is 8.38. The third kappa shape index (κ3) is 3.89. The van der Waals surface area contributed by atoms with Crippen molar-refractivity contribution in [3.05, 3.63) is 63.3 Å². The number of benzene rings is 1. The maximum Gasteiger partial charge on any atom is 0.281 e. The summed E-state index contributed by atoms with van der Waals surface area (Å²) in [7, 11) is 3.43. The molecule has 1 saturated heterocycles. The number of carbonyl (C=O) groups is 1. The fourth-order valence-electron chi connectivity index (χ4n) is 3.73. The third-order valence-corrected chi connectivity index (χ3v) is 6.17. The van der Waals surface area contributed by atoms with E-state index in [1.807, 2.05) is 43.7 Å². The molecule has 1 aliphatic heterocycles. The first kappa shape index (κ1) is 22.0. The average molecular weight is 471 g/mol. The van der Waals surface area contributed by atoms with Crippen molar-refractivity contribution in [1.29, 1.82) is 0 Å². The Balaban J connectivity index is 1.66. The second-order valence-electron chi connectivity index (χ2n) is 7.62. The number of rotatable bonds is 5. The predicted octanol–water partition coefficient (Wildman–Crippen LogP) is 3.51. The van der Waals surface area contributed by atoms with E-state index in [0.717, 1.165) is 34.0 Å². The van der Waals surface area contributed by atoms with Crippen LogP contribution in [0.15, 0.2) is 30.1 Å². The van der Waals surface area contributed by atoms with Crippen LogP contribution < -0.4 is 15.0 Å². The van der Waals surface area contributed by atoms with Gasteiger partial charge in [-0.05, 0) is 56.8 Å². The number of anilines is 1. The molecule has 0 unspecified atom stereocenters. The molecule has 1 N–H and O–H groups in total. The molecule has 4 rings (SSSR count). The van der Waals surface area contributed by atoms with E-state index in [1.54, 1.807) is 31.1 Å². The minimum atomic E-state index is -0.228. The van der Waals surface area contributed by atoms with Crippen LogP contribution in [0.3, 0.4) is 0 Å².